The number of aromatic nitrogens is 2. The van der Waals surface area contributed by atoms with Crippen LogP contribution in [-0.2, 0) is 11.3 Å². The molecule has 0 radical (unpaired) electrons. The molecular formula is C10H16N4O. The molecule has 1 rings (SSSR count). The van der Waals surface area contributed by atoms with Gasteiger partial charge >= 0.3 is 0 Å². The minimum atomic E-state index is 0.0362. The number of carbonyl (C=O) groups is 1. The largest absolute Gasteiger partial charge is 0.350 e. The standard InChI is InChI=1S/C10H16N4O/c11-6-2-1-5-10(15)12-8-9-4-3-7-13-14-9/h3-4,7H,1-2,5-6,8,11H2,(H,12,15). The third kappa shape index (κ3) is 5.07. The average Bonchev–Trinajstić information content (AvgIpc) is 2.28. The first-order valence-corrected chi connectivity index (χ1v) is 5.06. The second-order valence-electron chi connectivity index (χ2n) is 3.24. The predicted octanol–water partition coefficient (Wildman–Crippen LogP) is 0.222. The highest BCUT2D eigenvalue weighted by Gasteiger charge is 2.00. The molecule has 0 bridgehead atoms. The highest BCUT2D eigenvalue weighted by molar-refractivity contribution is 5.75. The van der Waals surface area contributed by atoms with Crippen LogP contribution in [0.1, 0.15) is 25.0 Å². The summed E-state index contributed by atoms with van der Waals surface area (Å²) >= 11 is 0. The second kappa shape index (κ2) is 6.89. The Hall–Kier alpha value is -1.49. The molecule has 15 heavy (non-hydrogen) atoms. The van der Waals surface area contributed by atoms with E-state index in [-0.39, 0.29) is 5.91 Å². The van der Waals surface area contributed by atoms with E-state index in [4.69, 9.17) is 5.73 Å². The van der Waals surface area contributed by atoms with E-state index in [0.717, 1.165) is 18.5 Å². The maximum Gasteiger partial charge on any atom is 0.220 e. The lowest BCUT2D eigenvalue weighted by Gasteiger charge is -2.03. The Morgan fingerprint density at radius 2 is 2.33 bits per heavy atom. The molecule has 0 aliphatic rings. The van der Waals surface area contributed by atoms with Crippen molar-refractivity contribution in [1.82, 2.24) is 15.5 Å². The molecule has 5 nitrogen and oxygen atoms in total. The van der Waals surface area contributed by atoms with Gasteiger partial charge in [0.15, 0.2) is 0 Å². The third-order valence-electron chi connectivity index (χ3n) is 1.95. The van der Waals surface area contributed by atoms with Crippen LogP contribution < -0.4 is 11.1 Å². The van der Waals surface area contributed by atoms with Gasteiger partial charge in [-0.3, -0.25) is 4.79 Å². The predicted molar refractivity (Wildman–Crippen MR) is 56.8 cm³/mol. The smallest absolute Gasteiger partial charge is 0.220 e. The molecule has 0 aromatic carbocycles. The Morgan fingerprint density at radius 1 is 1.47 bits per heavy atom. The lowest BCUT2D eigenvalue weighted by atomic mass is 10.2. The number of nitrogens with one attached hydrogen (secondary N) is 1. The minimum absolute atomic E-state index is 0.0362. The summed E-state index contributed by atoms with van der Waals surface area (Å²) in [4.78, 5) is 11.3. The molecule has 5 heteroatoms. The van der Waals surface area contributed by atoms with Gasteiger partial charge in [0, 0.05) is 12.6 Å². The molecule has 0 saturated heterocycles. The van der Waals surface area contributed by atoms with Crippen molar-refractivity contribution in [1.29, 1.82) is 0 Å². The highest BCUT2D eigenvalue weighted by atomic mass is 16.1. The zero-order chi connectivity index (χ0) is 10.9. The Kier molecular flexibility index (Phi) is 5.32. The topological polar surface area (TPSA) is 80.9 Å². The van der Waals surface area contributed by atoms with E-state index in [1.165, 1.54) is 0 Å². The average molecular weight is 208 g/mol. The summed E-state index contributed by atoms with van der Waals surface area (Å²) in [6.07, 6.45) is 3.85. The molecule has 0 unspecified atom stereocenters. The van der Waals surface area contributed by atoms with Gasteiger partial charge in [0.2, 0.25) is 5.91 Å². The molecule has 0 aliphatic heterocycles. The van der Waals surface area contributed by atoms with Crippen LogP contribution in [0.3, 0.4) is 0 Å². The normalized spacial score (nSPS) is 9.93. The number of unbranched alkanes of at least 4 members (excludes halogenated alkanes) is 1. The van der Waals surface area contributed by atoms with Gasteiger partial charge in [-0.15, -0.1) is 0 Å². The fourth-order valence-electron chi connectivity index (χ4n) is 1.14. The van der Waals surface area contributed by atoms with E-state index in [1.807, 2.05) is 6.07 Å². The van der Waals surface area contributed by atoms with E-state index in [1.54, 1.807) is 12.3 Å². The maximum atomic E-state index is 11.3. The molecule has 1 heterocycles. The first kappa shape index (κ1) is 11.6. The molecule has 1 aromatic heterocycles. The second-order valence-corrected chi connectivity index (χ2v) is 3.24. The van der Waals surface area contributed by atoms with Gasteiger partial charge in [-0.1, -0.05) is 0 Å². The molecule has 0 saturated carbocycles. The maximum absolute atomic E-state index is 11.3. The minimum Gasteiger partial charge on any atom is -0.350 e. The fourth-order valence-corrected chi connectivity index (χ4v) is 1.14. The van der Waals surface area contributed by atoms with Crippen LogP contribution in [0.15, 0.2) is 18.3 Å². The molecule has 3 N–H and O–H groups in total. The molecule has 0 atom stereocenters. The van der Waals surface area contributed by atoms with Crippen molar-refractivity contribution in [2.24, 2.45) is 5.73 Å². The summed E-state index contributed by atoms with van der Waals surface area (Å²) in [5.41, 5.74) is 6.10. The molecule has 0 spiro atoms. The van der Waals surface area contributed by atoms with Crippen molar-refractivity contribution >= 4 is 5.91 Å². The van der Waals surface area contributed by atoms with E-state index < -0.39 is 0 Å². The lowest BCUT2D eigenvalue weighted by Crippen LogP contribution is -2.23. The van der Waals surface area contributed by atoms with Crippen LogP contribution in [0.25, 0.3) is 0 Å². The number of rotatable bonds is 6. The zero-order valence-corrected chi connectivity index (χ0v) is 8.65. The number of carbonyl (C=O) groups excluding carboxylic acids is 1. The lowest BCUT2D eigenvalue weighted by molar-refractivity contribution is -0.121. The van der Waals surface area contributed by atoms with E-state index in [2.05, 4.69) is 15.5 Å². The molecule has 82 valence electrons. The van der Waals surface area contributed by atoms with Crippen LogP contribution in [0.5, 0.6) is 0 Å². The summed E-state index contributed by atoms with van der Waals surface area (Å²) in [5, 5.41) is 10.4. The van der Waals surface area contributed by atoms with Crippen molar-refractivity contribution in [3.63, 3.8) is 0 Å². The van der Waals surface area contributed by atoms with E-state index in [9.17, 15) is 4.79 Å². The molecule has 1 aromatic rings. The van der Waals surface area contributed by atoms with Crippen LogP contribution >= 0.6 is 0 Å². The summed E-state index contributed by atoms with van der Waals surface area (Å²) in [6, 6.07) is 3.62. The quantitative estimate of drug-likeness (QED) is 0.655. The highest BCUT2D eigenvalue weighted by Crippen LogP contribution is 1.95. The molecular weight excluding hydrogens is 192 g/mol. The molecule has 0 fully saturated rings. The summed E-state index contributed by atoms with van der Waals surface area (Å²) in [6.45, 7) is 1.08. The van der Waals surface area contributed by atoms with Crippen molar-refractivity contribution in [3.05, 3.63) is 24.0 Å². The summed E-state index contributed by atoms with van der Waals surface area (Å²) in [7, 11) is 0. The molecule has 1 amide bonds. The summed E-state index contributed by atoms with van der Waals surface area (Å²) in [5.74, 6) is 0.0362. The van der Waals surface area contributed by atoms with Crippen LogP contribution in [0.4, 0.5) is 0 Å². The van der Waals surface area contributed by atoms with Crippen molar-refractivity contribution < 1.29 is 4.79 Å². The van der Waals surface area contributed by atoms with Gasteiger partial charge in [-0.2, -0.15) is 10.2 Å². The number of hydrogen-bond donors (Lipinski definition) is 2. The van der Waals surface area contributed by atoms with Gasteiger partial charge in [0.25, 0.3) is 0 Å². The van der Waals surface area contributed by atoms with E-state index in [0.29, 0.717) is 19.5 Å². The SMILES string of the molecule is NCCCCC(=O)NCc1cccnn1. The van der Waals surface area contributed by atoms with Crippen LogP contribution in [0.2, 0.25) is 0 Å². The van der Waals surface area contributed by atoms with Gasteiger partial charge < -0.3 is 11.1 Å². The Morgan fingerprint density at radius 3 is 3.00 bits per heavy atom. The number of nitrogens with zero attached hydrogens (tertiary/aromatic N) is 2. The number of nitrogens with two attached hydrogens (primary N) is 1. The Bertz CT molecular complexity index is 289. The fraction of sp³-hybridized carbons (Fsp3) is 0.500. The van der Waals surface area contributed by atoms with Crippen molar-refractivity contribution in [2.45, 2.75) is 25.8 Å². The molecule has 0 aliphatic carbocycles. The third-order valence-corrected chi connectivity index (χ3v) is 1.95. The first-order valence-electron chi connectivity index (χ1n) is 5.06. The Balaban J connectivity index is 2.17. The Labute approximate surface area is 89.1 Å². The first-order chi connectivity index (χ1) is 7.33. The van der Waals surface area contributed by atoms with Crippen LogP contribution in [-0.4, -0.2) is 22.6 Å². The van der Waals surface area contributed by atoms with E-state index >= 15 is 0 Å². The number of amides is 1. The zero-order valence-electron chi connectivity index (χ0n) is 8.65. The summed E-state index contributed by atoms with van der Waals surface area (Å²) < 4.78 is 0. The van der Waals surface area contributed by atoms with Crippen molar-refractivity contribution in [2.75, 3.05) is 6.54 Å². The van der Waals surface area contributed by atoms with Crippen molar-refractivity contribution in [3.8, 4) is 0 Å². The van der Waals surface area contributed by atoms with Gasteiger partial charge in [0.05, 0.1) is 12.2 Å². The monoisotopic (exact) mass is 208 g/mol. The van der Waals surface area contributed by atoms with Gasteiger partial charge in [0.1, 0.15) is 0 Å². The van der Waals surface area contributed by atoms with Gasteiger partial charge in [-0.05, 0) is 31.5 Å². The number of hydrogen-bond acceptors (Lipinski definition) is 4. The van der Waals surface area contributed by atoms with Gasteiger partial charge in [-0.25, -0.2) is 0 Å². The van der Waals surface area contributed by atoms with Crippen LogP contribution in [0, 0.1) is 0 Å².